The molecule has 4 N–H and O–H groups in total. The van der Waals surface area contributed by atoms with Gasteiger partial charge in [0.25, 0.3) is 5.91 Å². The molecule has 0 fully saturated rings. The molecule has 7 nitrogen and oxygen atoms in total. The van der Waals surface area contributed by atoms with Gasteiger partial charge in [-0.3, -0.25) is 9.59 Å². The standard InChI is InChI=1S/C27H21FN5O2/c28-22-14-19(9-10-20(22)15-29)23-16-31-24(32-23)12-11-18-7-4-8-21(27(30)35)26(18)33-25(34)13-17-5-2-1-3-6-17/h1-10,12,14,16H,11,13H2,(H2,30,35)(H,31,32)(H,33,34). The van der Waals surface area contributed by atoms with Gasteiger partial charge in [-0.15, -0.1) is 0 Å². The third-order valence-electron chi connectivity index (χ3n) is 5.39. The van der Waals surface area contributed by atoms with E-state index in [0.717, 1.165) is 5.56 Å². The molecular weight excluding hydrogens is 445 g/mol. The molecule has 1 aromatic heterocycles. The van der Waals surface area contributed by atoms with Crippen molar-refractivity contribution in [2.24, 2.45) is 5.73 Å². The molecule has 0 saturated carbocycles. The van der Waals surface area contributed by atoms with Gasteiger partial charge < -0.3 is 16.0 Å². The molecule has 2 amide bonds. The van der Waals surface area contributed by atoms with Crippen molar-refractivity contribution < 1.29 is 14.0 Å². The number of carbonyl (C=O) groups is 2. The molecule has 1 heterocycles. The van der Waals surface area contributed by atoms with E-state index in [1.54, 1.807) is 43.0 Å². The van der Waals surface area contributed by atoms with Crippen molar-refractivity contribution in [2.45, 2.75) is 12.8 Å². The van der Waals surface area contributed by atoms with Gasteiger partial charge in [-0.2, -0.15) is 5.26 Å². The highest BCUT2D eigenvalue weighted by atomic mass is 19.1. The van der Waals surface area contributed by atoms with Crippen molar-refractivity contribution in [3.8, 4) is 17.3 Å². The predicted molar refractivity (Wildman–Crippen MR) is 130 cm³/mol. The fourth-order valence-electron chi connectivity index (χ4n) is 3.65. The molecule has 173 valence electrons. The number of rotatable bonds is 8. The molecule has 0 bridgehead atoms. The number of amides is 2. The third kappa shape index (κ3) is 5.60. The largest absolute Gasteiger partial charge is 0.366 e. The average Bonchev–Trinajstić information content (AvgIpc) is 3.33. The topological polar surface area (TPSA) is 125 Å². The summed E-state index contributed by atoms with van der Waals surface area (Å²) in [6.07, 6.45) is 3.92. The van der Waals surface area contributed by atoms with Crippen LogP contribution in [0.1, 0.15) is 32.9 Å². The van der Waals surface area contributed by atoms with E-state index in [9.17, 15) is 14.0 Å². The van der Waals surface area contributed by atoms with Gasteiger partial charge in [-0.1, -0.05) is 48.5 Å². The number of nitrogens with one attached hydrogen (secondary N) is 2. The molecule has 0 aliphatic carbocycles. The average molecular weight is 466 g/mol. The first-order chi connectivity index (χ1) is 16.9. The minimum absolute atomic E-state index is 0.0350. The van der Waals surface area contributed by atoms with Gasteiger partial charge >= 0.3 is 0 Å². The molecule has 1 radical (unpaired) electrons. The molecule has 35 heavy (non-hydrogen) atoms. The lowest BCUT2D eigenvalue weighted by molar-refractivity contribution is -0.115. The lowest BCUT2D eigenvalue weighted by atomic mass is 10.0. The fourth-order valence-corrected chi connectivity index (χ4v) is 3.65. The van der Waals surface area contributed by atoms with Crippen molar-refractivity contribution in [1.29, 1.82) is 5.26 Å². The number of imidazole rings is 1. The maximum Gasteiger partial charge on any atom is 0.250 e. The van der Waals surface area contributed by atoms with Crippen LogP contribution < -0.4 is 11.1 Å². The quantitative estimate of drug-likeness (QED) is 0.361. The molecule has 8 heteroatoms. The van der Waals surface area contributed by atoms with Crippen LogP contribution in [0.2, 0.25) is 0 Å². The Bertz CT molecular complexity index is 1420. The van der Waals surface area contributed by atoms with Crippen molar-refractivity contribution in [3.63, 3.8) is 0 Å². The summed E-state index contributed by atoms with van der Waals surface area (Å²) in [5, 5.41) is 11.7. The minimum atomic E-state index is -0.648. The minimum Gasteiger partial charge on any atom is -0.366 e. The van der Waals surface area contributed by atoms with E-state index in [4.69, 9.17) is 11.0 Å². The van der Waals surface area contributed by atoms with Gasteiger partial charge in [0.1, 0.15) is 17.7 Å². The number of primary amides is 1. The summed E-state index contributed by atoms with van der Waals surface area (Å²) in [5.41, 5.74) is 8.66. The number of halogens is 1. The van der Waals surface area contributed by atoms with Gasteiger partial charge in [0, 0.05) is 18.2 Å². The Morgan fingerprint density at radius 2 is 1.91 bits per heavy atom. The SMILES string of the molecule is N#Cc1ccc(-c2c[nH]c([CH]Cc3cccc(C(N)=O)c3NC(=O)Cc3ccccc3)n2)cc1F. The monoisotopic (exact) mass is 466 g/mol. The predicted octanol–water partition coefficient (Wildman–Crippen LogP) is 4.16. The van der Waals surface area contributed by atoms with Crippen molar-refractivity contribution >= 4 is 17.5 Å². The zero-order chi connectivity index (χ0) is 24.8. The highest BCUT2D eigenvalue weighted by Gasteiger charge is 2.16. The van der Waals surface area contributed by atoms with E-state index >= 15 is 0 Å². The molecule has 0 saturated heterocycles. The van der Waals surface area contributed by atoms with Crippen LogP contribution in [0.4, 0.5) is 10.1 Å². The first kappa shape index (κ1) is 23.4. The number of carbonyl (C=O) groups excluding carboxylic acids is 2. The number of hydrogen-bond donors (Lipinski definition) is 3. The Kier molecular flexibility index (Phi) is 6.98. The summed E-state index contributed by atoms with van der Waals surface area (Å²) in [4.78, 5) is 32.2. The van der Waals surface area contributed by atoms with Crippen molar-refractivity contribution in [1.82, 2.24) is 9.97 Å². The van der Waals surface area contributed by atoms with Crippen LogP contribution in [0, 0.1) is 23.6 Å². The lowest BCUT2D eigenvalue weighted by Gasteiger charge is -2.14. The van der Waals surface area contributed by atoms with E-state index in [1.807, 2.05) is 30.3 Å². The number of aromatic amines is 1. The van der Waals surface area contributed by atoms with Crippen LogP contribution in [0.5, 0.6) is 0 Å². The van der Waals surface area contributed by atoms with Crippen LogP contribution in [0.15, 0.2) is 72.9 Å². The van der Waals surface area contributed by atoms with Crippen LogP contribution in [-0.2, 0) is 17.6 Å². The molecule has 4 rings (SSSR count). The first-order valence-corrected chi connectivity index (χ1v) is 10.8. The summed E-state index contributed by atoms with van der Waals surface area (Å²) in [6.45, 7) is 0. The number of H-pyrrole nitrogens is 1. The van der Waals surface area contributed by atoms with Crippen molar-refractivity contribution in [2.75, 3.05) is 5.32 Å². The molecule has 0 spiro atoms. The van der Waals surface area contributed by atoms with Crippen LogP contribution in [0.25, 0.3) is 11.3 Å². The van der Waals surface area contributed by atoms with Gasteiger partial charge in [-0.25, -0.2) is 9.37 Å². The summed E-state index contributed by atoms with van der Waals surface area (Å²) in [5.74, 6) is -1.01. The van der Waals surface area contributed by atoms with Crippen molar-refractivity contribution in [3.05, 3.63) is 113 Å². The molecule has 0 aliphatic rings. The summed E-state index contributed by atoms with van der Waals surface area (Å²) in [7, 11) is 0. The number of benzene rings is 3. The molecule has 0 atom stereocenters. The van der Waals surface area contributed by atoms with Crippen LogP contribution in [0.3, 0.4) is 0 Å². The number of hydrogen-bond acceptors (Lipinski definition) is 4. The number of nitrogens with two attached hydrogens (primary N) is 1. The first-order valence-electron chi connectivity index (χ1n) is 10.8. The van der Waals surface area contributed by atoms with Gasteiger partial charge in [0.15, 0.2) is 0 Å². The van der Waals surface area contributed by atoms with E-state index < -0.39 is 11.7 Å². The second-order valence-electron chi connectivity index (χ2n) is 7.80. The third-order valence-corrected chi connectivity index (χ3v) is 5.39. The number of aromatic nitrogens is 2. The van der Waals surface area contributed by atoms with Gasteiger partial charge in [-0.05, 0) is 35.7 Å². The zero-order valence-corrected chi connectivity index (χ0v) is 18.6. The summed E-state index contributed by atoms with van der Waals surface area (Å²) >= 11 is 0. The number of nitrogens with zero attached hydrogens (tertiary/aromatic N) is 2. The second kappa shape index (κ2) is 10.4. The Hall–Kier alpha value is -4.77. The highest BCUT2D eigenvalue weighted by Crippen LogP contribution is 2.25. The van der Waals surface area contributed by atoms with E-state index in [-0.39, 0.29) is 23.5 Å². The number of para-hydroxylation sites is 1. The number of anilines is 1. The van der Waals surface area contributed by atoms with E-state index in [2.05, 4.69) is 15.3 Å². The second-order valence-corrected chi connectivity index (χ2v) is 7.80. The Morgan fingerprint density at radius 1 is 1.11 bits per heavy atom. The van der Waals surface area contributed by atoms with Crippen LogP contribution in [-0.4, -0.2) is 21.8 Å². The molecule has 3 aromatic carbocycles. The smallest absolute Gasteiger partial charge is 0.250 e. The Labute approximate surface area is 201 Å². The molecule has 0 aliphatic heterocycles. The van der Waals surface area contributed by atoms with E-state index in [1.165, 1.54) is 12.1 Å². The summed E-state index contributed by atoms with van der Waals surface area (Å²) in [6, 6.07) is 20.4. The van der Waals surface area contributed by atoms with Gasteiger partial charge in [0.05, 0.1) is 28.9 Å². The summed E-state index contributed by atoms with van der Waals surface area (Å²) < 4.78 is 14.0. The molecular formula is C27H21FN5O2. The Balaban J connectivity index is 1.51. The molecule has 4 aromatic rings. The normalized spacial score (nSPS) is 10.5. The number of nitriles is 1. The van der Waals surface area contributed by atoms with Gasteiger partial charge in [0.2, 0.25) is 5.91 Å². The maximum atomic E-state index is 14.0. The fraction of sp³-hybridized carbons (Fsp3) is 0.0741. The lowest BCUT2D eigenvalue weighted by Crippen LogP contribution is -2.21. The zero-order valence-electron chi connectivity index (χ0n) is 18.6. The van der Waals surface area contributed by atoms with Crippen LogP contribution >= 0.6 is 0 Å². The molecule has 0 unspecified atom stereocenters. The highest BCUT2D eigenvalue weighted by molar-refractivity contribution is 6.04. The Morgan fingerprint density at radius 3 is 2.63 bits per heavy atom. The van der Waals surface area contributed by atoms with E-state index in [0.29, 0.717) is 34.8 Å². The maximum absolute atomic E-state index is 14.0.